The number of rotatable bonds is 3. The highest BCUT2D eigenvalue weighted by Crippen LogP contribution is 2.43. The molecule has 2 aromatic carbocycles. The Morgan fingerprint density at radius 2 is 1.28 bits per heavy atom. The summed E-state index contributed by atoms with van der Waals surface area (Å²) in [5, 5.41) is 2.54. The maximum atomic E-state index is 6.36. The highest BCUT2D eigenvalue weighted by atomic mass is 35.5. The fourth-order valence-corrected chi connectivity index (χ4v) is 6.61. The SMILES string of the molecule is Cc1sc(Cl)cc1C1=C(c2cc(Cl)sc2C)CN(c2ccc3ccccc3c2)C1. The second-order valence-corrected chi connectivity index (χ2v) is 11.2. The Kier molecular flexibility index (Phi) is 4.95. The van der Waals surface area contributed by atoms with Gasteiger partial charge in [-0.25, -0.2) is 0 Å². The molecule has 5 rings (SSSR count). The van der Waals surface area contributed by atoms with Gasteiger partial charge in [0, 0.05) is 28.5 Å². The maximum absolute atomic E-state index is 6.36. The molecule has 0 radical (unpaired) electrons. The number of thiophene rings is 2. The molecule has 2 aromatic heterocycles. The van der Waals surface area contributed by atoms with Crippen molar-refractivity contribution in [2.24, 2.45) is 0 Å². The molecule has 0 spiro atoms. The second kappa shape index (κ2) is 7.48. The molecule has 29 heavy (non-hydrogen) atoms. The van der Waals surface area contributed by atoms with E-state index < -0.39 is 0 Å². The van der Waals surface area contributed by atoms with Crippen molar-refractivity contribution >= 4 is 73.5 Å². The monoisotopic (exact) mass is 455 g/mol. The number of halogens is 2. The molecule has 1 aliphatic rings. The molecule has 0 saturated heterocycles. The van der Waals surface area contributed by atoms with Gasteiger partial charge in [0.1, 0.15) is 0 Å². The van der Waals surface area contributed by atoms with Crippen LogP contribution in [0.3, 0.4) is 0 Å². The van der Waals surface area contributed by atoms with E-state index in [1.54, 1.807) is 22.7 Å². The lowest BCUT2D eigenvalue weighted by atomic mass is 9.98. The van der Waals surface area contributed by atoms with Crippen molar-refractivity contribution in [1.82, 2.24) is 0 Å². The fraction of sp³-hybridized carbons (Fsp3) is 0.167. The van der Waals surface area contributed by atoms with E-state index in [1.807, 2.05) is 0 Å². The zero-order valence-electron chi connectivity index (χ0n) is 16.1. The van der Waals surface area contributed by atoms with E-state index in [9.17, 15) is 0 Å². The van der Waals surface area contributed by atoms with E-state index in [0.29, 0.717) is 0 Å². The molecule has 4 aromatic rings. The molecule has 0 unspecified atom stereocenters. The van der Waals surface area contributed by atoms with Gasteiger partial charge in [-0.1, -0.05) is 53.5 Å². The van der Waals surface area contributed by atoms with Crippen molar-refractivity contribution in [3.8, 4) is 0 Å². The standard InChI is InChI=1S/C24H19Cl2NS2/c1-14-19(10-23(25)28-14)21-12-27(13-22(21)20-11-24(26)29-15(20)2)18-8-7-16-5-3-4-6-17(16)9-18/h3-11H,12-13H2,1-2H3. The lowest BCUT2D eigenvalue weighted by Crippen LogP contribution is -2.20. The predicted octanol–water partition coefficient (Wildman–Crippen LogP) is 8.32. The minimum Gasteiger partial charge on any atom is -0.363 e. The van der Waals surface area contributed by atoms with Gasteiger partial charge < -0.3 is 4.90 Å². The van der Waals surface area contributed by atoms with Crippen LogP contribution in [0.5, 0.6) is 0 Å². The second-order valence-electron chi connectivity index (χ2n) is 7.39. The first-order chi connectivity index (χ1) is 14.0. The molecular formula is C24H19Cl2NS2. The molecule has 0 N–H and O–H groups in total. The molecule has 3 heterocycles. The smallest absolute Gasteiger partial charge is 0.0937 e. The number of fused-ring (bicyclic) bond motifs is 1. The predicted molar refractivity (Wildman–Crippen MR) is 131 cm³/mol. The van der Waals surface area contributed by atoms with Gasteiger partial charge in [0.25, 0.3) is 0 Å². The van der Waals surface area contributed by atoms with E-state index in [0.717, 1.165) is 21.8 Å². The van der Waals surface area contributed by atoms with E-state index in [2.05, 4.69) is 73.3 Å². The molecule has 146 valence electrons. The van der Waals surface area contributed by atoms with Crippen molar-refractivity contribution in [3.05, 3.63) is 84.2 Å². The van der Waals surface area contributed by atoms with Crippen LogP contribution in [-0.2, 0) is 0 Å². The summed E-state index contributed by atoms with van der Waals surface area (Å²) in [6.07, 6.45) is 0. The highest BCUT2D eigenvalue weighted by Gasteiger charge is 2.28. The molecule has 0 bridgehead atoms. The normalized spacial score (nSPS) is 14.4. The number of aryl methyl sites for hydroxylation is 2. The van der Waals surface area contributed by atoms with Gasteiger partial charge in [-0.3, -0.25) is 0 Å². The molecule has 0 saturated carbocycles. The van der Waals surface area contributed by atoms with E-state index in [1.165, 1.54) is 48.5 Å². The number of hydrogen-bond acceptors (Lipinski definition) is 3. The van der Waals surface area contributed by atoms with Gasteiger partial charge in [0.15, 0.2) is 0 Å². The van der Waals surface area contributed by atoms with Crippen LogP contribution in [0, 0.1) is 13.8 Å². The molecule has 1 aliphatic heterocycles. The zero-order valence-corrected chi connectivity index (χ0v) is 19.3. The number of nitrogens with zero attached hydrogens (tertiary/aromatic N) is 1. The van der Waals surface area contributed by atoms with Crippen molar-refractivity contribution in [1.29, 1.82) is 0 Å². The van der Waals surface area contributed by atoms with Gasteiger partial charge in [0.2, 0.25) is 0 Å². The van der Waals surface area contributed by atoms with Crippen molar-refractivity contribution in [2.45, 2.75) is 13.8 Å². The van der Waals surface area contributed by atoms with Gasteiger partial charge in [-0.05, 0) is 71.2 Å². The van der Waals surface area contributed by atoms with Gasteiger partial charge in [-0.15, -0.1) is 22.7 Å². The number of hydrogen-bond donors (Lipinski definition) is 0. The Hall–Kier alpha value is -1.78. The fourth-order valence-electron chi connectivity index (χ4n) is 4.17. The Morgan fingerprint density at radius 1 is 0.724 bits per heavy atom. The summed E-state index contributed by atoms with van der Waals surface area (Å²) in [5.74, 6) is 0. The summed E-state index contributed by atoms with van der Waals surface area (Å²) in [6, 6.07) is 19.5. The summed E-state index contributed by atoms with van der Waals surface area (Å²) in [6.45, 7) is 6.05. The Balaban J connectivity index is 1.60. The third-order valence-electron chi connectivity index (χ3n) is 5.59. The molecule has 0 aliphatic carbocycles. The minimum absolute atomic E-state index is 0.841. The minimum atomic E-state index is 0.841. The summed E-state index contributed by atoms with van der Waals surface area (Å²) < 4.78 is 1.68. The number of anilines is 1. The third-order valence-corrected chi connectivity index (χ3v) is 7.95. The molecular weight excluding hydrogens is 437 g/mol. The maximum Gasteiger partial charge on any atom is 0.0937 e. The Labute approximate surface area is 188 Å². The van der Waals surface area contributed by atoms with Crippen LogP contribution in [0.2, 0.25) is 8.67 Å². The van der Waals surface area contributed by atoms with E-state index in [4.69, 9.17) is 23.2 Å². The number of benzene rings is 2. The van der Waals surface area contributed by atoms with E-state index in [-0.39, 0.29) is 0 Å². The van der Waals surface area contributed by atoms with Gasteiger partial charge in [0.05, 0.1) is 8.67 Å². The van der Waals surface area contributed by atoms with Crippen LogP contribution in [0.15, 0.2) is 54.6 Å². The molecule has 1 nitrogen and oxygen atoms in total. The Bertz CT molecular complexity index is 1210. The molecule has 0 fully saturated rings. The van der Waals surface area contributed by atoms with Crippen molar-refractivity contribution in [3.63, 3.8) is 0 Å². The lowest BCUT2D eigenvalue weighted by molar-refractivity contribution is 1.02. The van der Waals surface area contributed by atoms with Gasteiger partial charge in [-0.2, -0.15) is 0 Å². The summed E-state index contributed by atoms with van der Waals surface area (Å²) >= 11 is 16.0. The van der Waals surface area contributed by atoms with Gasteiger partial charge >= 0.3 is 0 Å². The van der Waals surface area contributed by atoms with Crippen molar-refractivity contribution in [2.75, 3.05) is 18.0 Å². The van der Waals surface area contributed by atoms with Crippen LogP contribution >= 0.6 is 45.9 Å². The molecule has 0 atom stereocenters. The van der Waals surface area contributed by atoms with Crippen LogP contribution in [0.1, 0.15) is 20.9 Å². The first kappa shape index (κ1) is 19.2. The third kappa shape index (κ3) is 3.51. The first-order valence-corrected chi connectivity index (χ1v) is 11.9. The largest absolute Gasteiger partial charge is 0.363 e. The average Bonchev–Trinajstić information content (AvgIpc) is 3.37. The van der Waals surface area contributed by atoms with E-state index >= 15 is 0 Å². The van der Waals surface area contributed by atoms with Crippen LogP contribution in [0.4, 0.5) is 5.69 Å². The van der Waals surface area contributed by atoms with Crippen LogP contribution < -0.4 is 4.90 Å². The van der Waals surface area contributed by atoms with Crippen LogP contribution in [0.25, 0.3) is 21.9 Å². The average molecular weight is 456 g/mol. The first-order valence-electron chi connectivity index (χ1n) is 9.48. The lowest BCUT2D eigenvalue weighted by Gasteiger charge is -2.20. The Morgan fingerprint density at radius 3 is 1.79 bits per heavy atom. The molecule has 5 heteroatoms. The zero-order chi connectivity index (χ0) is 20.1. The molecule has 0 amide bonds. The van der Waals surface area contributed by atoms with Crippen LogP contribution in [-0.4, -0.2) is 13.1 Å². The quantitative estimate of drug-likeness (QED) is 0.300. The van der Waals surface area contributed by atoms with Crippen molar-refractivity contribution < 1.29 is 0 Å². The topological polar surface area (TPSA) is 3.24 Å². The summed E-state index contributed by atoms with van der Waals surface area (Å²) in [4.78, 5) is 4.98. The highest BCUT2D eigenvalue weighted by molar-refractivity contribution is 7.16. The summed E-state index contributed by atoms with van der Waals surface area (Å²) in [5.41, 5.74) is 6.49. The summed E-state index contributed by atoms with van der Waals surface area (Å²) in [7, 11) is 0.